The van der Waals surface area contributed by atoms with Crippen LogP contribution >= 0.6 is 0 Å². The summed E-state index contributed by atoms with van der Waals surface area (Å²) in [5.74, 6) is -0.380. The number of carbonyl (C=O) groups excluding carboxylic acids is 1. The van der Waals surface area contributed by atoms with Gasteiger partial charge >= 0.3 is 10.2 Å². The molecule has 2 heterocycles. The van der Waals surface area contributed by atoms with Crippen molar-refractivity contribution in [2.75, 3.05) is 4.72 Å². The van der Waals surface area contributed by atoms with E-state index in [0.29, 0.717) is 0 Å². The Kier molecular flexibility index (Phi) is 2.75. The first-order valence-electron chi connectivity index (χ1n) is 5.90. The maximum Gasteiger partial charge on any atom is 0.327 e. The monoisotopic (exact) mass is 292 g/mol. The number of carbonyl (C=O) groups is 1. The Hall–Kier alpha value is -2.35. The minimum atomic E-state index is -3.90. The van der Waals surface area contributed by atoms with Gasteiger partial charge < -0.3 is 0 Å². The lowest BCUT2D eigenvalue weighted by Gasteiger charge is -2.27. The standard InChI is InChI=1S/C12H12N4O3S/c1-15-11-10(7-13-15)12(17)16(20(18,19)14-11)8-9-5-3-2-4-6-9/h2-7,14H,8H2,1H3. The molecule has 0 saturated carbocycles. The fourth-order valence-electron chi connectivity index (χ4n) is 2.04. The normalized spacial score (nSPS) is 16.6. The number of hydrogen-bond donors (Lipinski definition) is 1. The van der Waals surface area contributed by atoms with Crippen LogP contribution in [-0.2, 0) is 23.8 Å². The van der Waals surface area contributed by atoms with Crippen molar-refractivity contribution in [2.24, 2.45) is 7.05 Å². The van der Waals surface area contributed by atoms with Crippen LogP contribution in [0.4, 0.5) is 5.82 Å². The number of benzene rings is 1. The molecule has 7 nitrogen and oxygen atoms in total. The van der Waals surface area contributed by atoms with E-state index >= 15 is 0 Å². The van der Waals surface area contributed by atoms with Crippen LogP contribution in [0.15, 0.2) is 36.5 Å². The van der Waals surface area contributed by atoms with E-state index in [2.05, 4.69) is 9.82 Å². The number of anilines is 1. The summed E-state index contributed by atoms with van der Waals surface area (Å²) < 4.78 is 28.8. The summed E-state index contributed by atoms with van der Waals surface area (Å²) in [7, 11) is -2.33. The predicted molar refractivity (Wildman–Crippen MR) is 72.1 cm³/mol. The van der Waals surface area contributed by atoms with E-state index in [1.165, 1.54) is 10.9 Å². The summed E-state index contributed by atoms with van der Waals surface area (Å²) in [5.41, 5.74) is 0.983. The third kappa shape index (κ3) is 1.94. The van der Waals surface area contributed by atoms with Crippen LogP contribution in [-0.4, -0.2) is 28.4 Å². The number of amides is 1. The molecule has 0 fully saturated rings. The van der Waals surface area contributed by atoms with Crippen molar-refractivity contribution in [3.05, 3.63) is 47.7 Å². The first kappa shape index (κ1) is 12.7. The molecule has 0 radical (unpaired) electrons. The van der Waals surface area contributed by atoms with E-state index in [-0.39, 0.29) is 17.9 Å². The van der Waals surface area contributed by atoms with Gasteiger partial charge in [0.25, 0.3) is 5.91 Å². The van der Waals surface area contributed by atoms with Gasteiger partial charge in [0.2, 0.25) is 0 Å². The number of fused-ring (bicyclic) bond motifs is 1. The van der Waals surface area contributed by atoms with Crippen molar-refractivity contribution in [1.82, 2.24) is 14.1 Å². The number of aryl methyl sites for hydroxylation is 1. The molecule has 8 heteroatoms. The molecule has 0 aliphatic carbocycles. The molecule has 1 aliphatic rings. The highest BCUT2D eigenvalue weighted by molar-refractivity contribution is 7.91. The van der Waals surface area contributed by atoms with Crippen LogP contribution in [0.5, 0.6) is 0 Å². The highest BCUT2D eigenvalue weighted by Crippen LogP contribution is 2.26. The average Bonchev–Trinajstić information content (AvgIpc) is 2.77. The summed E-state index contributed by atoms with van der Waals surface area (Å²) >= 11 is 0. The number of aromatic nitrogens is 2. The Morgan fingerprint density at radius 2 is 1.95 bits per heavy atom. The molecule has 0 bridgehead atoms. The molecule has 2 aromatic rings. The summed E-state index contributed by atoms with van der Waals surface area (Å²) in [6.07, 6.45) is 1.36. The summed E-state index contributed by atoms with van der Waals surface area (Å²) in [4.78, 5) is 12.3. The minimum absolute atomic E-state index is 0.0106. The zero-order chi connectivity index (χ0) is 14.3. The van der Waals surface area contributed by atoms with E-state index in [4.69, 9.17) is 0 Å². The summed E-state index contributed by atoms with van der Waals surface area (Å²) in [5, 5.41) is 3.90. The van der Waals surface area contributed by atoms with Gasteiger partial charge in [-0.3, -0.25) is 9.48 Å². The third-order valence-corrected chi connectivity index (χ3v) is 4.41. The molecule has 1 aromatic heterocycles. The Morgan fingerprint density at radius 3 is 2.65 bits per heavy atom. The van der Waals surface area contributed by atoms with Crippen molar-refractivity contribution < 1.29 is 13.2 Å². The van der Waals surface area contributed by atoms with Crippen LogP contribution in [0.2, 0.25) is 0 Å². The van der Waals surface area contributed by atoms with Crippen LogP contribution in [0.3, 0.4) is 0 Å². The van der Waals surface area contributed by atoms with Crippen LogP contribution in [0.1, 0.15) is 15.9 Å². The van der Waals surface area contributed by atoms with Gasteiger partial charge in [-0.2, -0.15) is 13.5 Å². The number of nitrogens with one attached hydrogen (secondary N) is 1. The van der Waals surface area contributed by atoms with E-state index in [0.717, 1.165) is 9.87 Å². The zero-order valence-corrected chi connectivity index (χ0v) is 11.5. The van der Waals surface area contributed by atoms with Crippen molar-refractivity contribution in [2.45, 2.75) is 6.54 Å². The highest BCUT2D eigenvalue weighted by atomic mass is 32.2. The molecule has 104 valence electrons. The molecule has 0 atom stereocenters. The third-order valence-electron chi connectivity index (χ3n) is 3.08. The molecular weight excluding hydrogens is 280 g/mol. The Balaban J connectivity index is 2.01. The van der Waals surface area contributed by atoms with Gasteiger partial charge in [-0.1, -0.05) is 30.3 Å². The smallest absolute Gasteiger partial charge is 0.268 e. The van der Waals surface area contributed by atoms with Gasteiger partial charge in [-0.05, 0) is 5.56 Å². The Bertz CT molecular complexity index is 767. The molecule has 0 saturated heterocycles. The van der Waals surface area contributed by atoms with Gasteiger partial charge in [-0.25, -0.2) is 9.03 Å². The Morgan fingerprint density at radius 1 is 1.25 bits per heavy atom. The van der Waals surface area contributed by atoms with Crippen molar-refractivity contribution in [3.63, 3.8) is 0 Å². The van der Waals surface area contributed by atoms with Crippen molar-refractivity contribution in [3.8, 4) is 0 Å². The number of rotatable bonds is 2. The quantitative estimate of drug-likeness (QED) is 0.884. The second-order valence-corrected chi connectivity index (χ2v) is 6.03. The highest BCUT2D eigenvalue weighted by Gasteiger charge is 2.37. The summed E-state index contributed by atoms with van der Waals surface area (Å²) in [6.45, 7) is -0.0106. The minimum Gasteiger partial charge on any atom is -0.268 e. The van der Waals surface area contributed by atoms with Gasteiger partial charge in [0, 0.05) is 7.05 Å². The lowest BCUT2D eigenvalue weighted by atomic mass is 10.2. The van der Waals surface area contributed by atoms with Crippen LogP contribution < -0.4 is 4.72 Å². The van der Waals surface area contributed by atoms with E-state index in [1.807, 2.05) is 6.07 Å². The fourth-order valence-corrected chi connectivity index (χ4v) is 3.27. The molecule has 3 rings (SSSR count). The van der Waals surface area contributed by atoms with Gasteiger partial charge in [0.1, 0.15) is 5.56 Å². The largest absolute Gasteiger partial charge is 0.327 e. The molecular formula is C12H12N4O3S. The molecule has 1 N–H and O–H groups in total. The van der Waals surface area contributed by atoms with Crippen molar-refractivity contribution in [1.29, 1.82) is 0 Å². The maximum absolute atomic E-state index is 12.3. The van der Waals surface area contributed by atoms with Gasteiger partial charge in [0.05, 0.1) is 12.7 Å². The molecule has 1 amide bonds. The lowest BCUT2D eigenvalue weighted by molar-refractivity contribution is 0.0853. The molecule has 0 spiro atoms. The second kappa shape index (κ2) is 4.34. The SMILES string of the molecule is Cn1ncc2c1NS(=O)(=O)N(Cc1ccccc1)C2=O. The maximum atomic E-state index is 12.3. The molecule has 1 aliphatic heterocycles. The predicted octanol–water partition coefficient (Wildman–Crippen LogP) is 0.733. The molecule has 0 unspecified atom stereocenters. The second-order valence-electron chi connectivity index (χ2n) is 4.43. The lowest BCUT2D eigenvalue weighted by Crippen LogP contribution is -2.44. The van der Waals surface area contributed by atoms with E-state index in [9.17, 15) is 13.2 Å². The molecule has 1 aromatic carbocycles. The topological polar surface area (TPSA) is 84.3 Å². The van der Waals surface area contributed by atoms with Crippen LogP contribution in [0.25, 0.3) is 0 Å². The van der Waals surface area contributed by atoms with Crippen molar-refractivity contribution >= 4 is 21.9 Å². The van der Waals surface area contributed by atoms with Gasteiger partial charge in [-0.15, -0.1) is 0 Å². The first-order chi connectivity index (χ1) is 9.49. The first-order valence-corrected chi connectivity index (χ1v) is 7.34. The van der Waals surface area contributed by atoms with Crippen LogP contribution in [0, 0.1) is 0 Å². The van der Waals surface area contributed by atoms with E-state index < -0.39 is 16.1 Å². The number of nitrogens with zero attached hydrogens (tertiary/aromatic N) is 3. The Labute approximate surface area is 116 Å². The number of hydrogen-bond acceptors (Lipinski definition) is 4. The fraction of sp³-hybridized carbons (Fsp3) is 0.167. The average molecular weight is 292 g/mol. The van der Waals surface area contributed by atoms with Gasteiger partial charge in [0.15, 0.2) is 5.82 Å². The zero-order valence-electron chi connectivity index (χ0n) is 10.6. The summed E-state index contributed by atoms with van der Waals surface area (Å²) in [6, 6.07) is 8.94. The van der Waals surface area contributed by atoms with E-state index in [1.54, 1.807) is 31.3 Å². The molecule has 20 heavy (non-hydrogen) atoms.